The van der Waals surface area contributed by atoms with E-state index in [1.54, 1.807) is 13.8 Å². The van der Waals surface area contributed by atoms with Gasteiger partial charge in [0.15, 0.2) is 5.52 Å². The second kappa shape index (κ2) is 38.2. The minimum Gasteiger partial charge on any atom is -0.394 e. The lowest BCUT2D eigenvalue weighted by Crippen LogP contribution is -2.33. The number of imidazole rings is 1. The highest BCUT2D eigenvalue weighted by atomic mass is 79.9. The van der Waals surface area contributed by atoms with Crippen molar-refractivity contribution in [3.8, 4) is 0 Å². The number of nitrogen functional groups attached to an aromatic ring is 3. The Kier molecular flexibility index (Phi) is 29.9. The van der Waals surface area contributed by atoms with E-state index in [4.69, 9.17) is 138 Å². The third-order valence-electron chi connectivity index (χ3n) is 18.6. The molecule has 9 unspecified atom stereocenters. The van der Waals surface area contributed by atoms with Gasteiger partial charge in [0.25, 0.3) is 16.7 Å². The number of hydrogen-bond donors (Lipinski definition) is 11. The summed E-state index contributed by atoms with van der Waals surface area (Å²) in [5, 5.41) is 13.0. The zero-order chi connectivity index (χ0) is 81.6. The number of H-pyrrole nitrogens is 3. The Morgan fingerprint density at radius 2 is 1.04 bits per heavy atom. The normalized spacial score (nSPS) is 27.5. The topological polar surface area (TPSA) is 566 Å². The number of hydrogen-bond acceptors (Lipinski definition) is 35. The van der Waals surface area contributed by atoms with Crippen molar-refractivity contribution in [1.29, 1.82) is 0 Å². The number of rotatable bonds is 38. The zero-order valence-corrected chi connectivity index (χ0v) is 69.4. The molecule has 0 bridgehead atoms. The maximum Gasteiger partial charge on any atom is 0.351 e. The molecule has 1 amide bonds. The van der Waals surface area contributed by atoms with Gasteiger partial charge in [-0.1, -0.05) is 27.7 Å². The second-order valence-electron chi connectivity index (χ2n) is 27.2. The summed E-state index contributed by atoms with van der Waals surface area (Å²) >= 11 is 26.0. The van der Waals surface area contributed by atoms with Gasteiger partial charge in [-0.2, -0.15) is 9.97 Å². The van der Waals surface area contributed by atoms with Gasteiger partial charge in [0, 0.05) is 74.6 Å². The van der Waals surface area contributed by atoms with Crippen molar-refractivity contribution in [2.24, 2.45) is 17.8 Å². The predicted molar refractivity (Wildman–Crippen MR) is 416 cm³/mol. The van der Waals surface area contributed by atoms with Gasteiger partial charge < -0.3 is 126 Å². The number of nitrogens with one attached hydrogen (secondary N) is 4. The molecule has 0 radical (unpaired) electrons. The lowest BCUT2D eigenvalue weighted by atomic mass is 9.89. The molecule has 0 aromatic carbocycles. The van der Waals surface area contributed by atoms with E-state index >= 15 is 0 Å². The van der Waals surface area contributed by atoms with Crippen LogP contribution in [0.1, 0.15) is 96.5 Å². The number of halogens is 1. The van der Waals surface area contributed by atoms with E-state index in [9.17, 15) is 58.1 Å². The number of anilines is 3. The minimum absolute atomic E-state index is 0.00762. The van der Waals surface area contributed by atoms with Gasteiger partial charge in [0.05, 0.1) is 113 Å². The minimum atomic E-state index is -4.61. The van der Waals surface area contributed by atoms with Crippen molar-refractivity contribution in [2.75, 3.05) is 89.8 Å². The van der Waals surface area contributed by atoms with Crippen LogP contribution >= 0.6 is 42.8 Å². The van der Waals surface area contributed by atoms with Crippen molar-refractivity contribution in [3.05, 3.63) is 132 Å². The number of amides is 1. The summed E-state index contributed by atoms with van der Waals surface area (Å²) in [5.74, 6) is -0.699. The van der Waals surface area contributed by atoms with Crippen LogP contribution in [0, 0.1) is 24.7 Å². The van der Waals surface area contributed by atoms with E-state index in [1.807, 2.05) is 13.8 Å². The molecule has 6 aromatic heterocycles. The van der Waals surface area contributed by atoms with Crippen molar-refractivity contribution in [2.45, 2.75) is 153 Å². The monoisotopic (exact) mass is 1810 g/mol. The van der Waals surface area contributed by atoms with E-state index < -0.39 is 179 Å². The zero-order valence-electron chi connectivity index (χ0n) is 60.9. The van der Waals surface area contributed by atoms with Crippen molar-refractivity contribution in [3.63, 3.8) is 0 Å². The Balaban J connectivity index is 0.810. The number of nitrogens with two attached hydrogens (primary N) is 3. The van der Waals surface area contributed by atoms with Crippen molar-refractivity contribution in [1.82, 2.24) is 58.1 Å². The molecule has 0 aliphatic carbocycles. The third kappa shape index (κ3) is 23.0. The van der Waals surface area contributed by atoms with Gasteiger partial charge in [-0.05, 0) is 100 Å². The molecular weight excluding hydrogens is 1720 g/mol. The predicted octanol–water partition coefficient (Wildman–Crippen LogP) is 1.16. The molecule has 6 aromatic rings. The summed E-state index contributed by atoms with van der Waals surface area (Å²) in [5.41, 5.74) is 12.8. The largest absolute Gasteiger partial charge is 0.394 e. The smallest absolute Gasteiger partial charge is 0.351 e. The first-order valence-corrected chi connectivity index (χ1v) is 46.3. The van der Waals surface area contributed by atoms with E-state index in [2.05, 4.69) is 51.2 Å². The Labute approximate surface area is 669 Å². The van der Waals surface area contributed by atoms with Gasteiger partial charge in [-0.25, -0.2) is 24.2 Å². The van der Waals surface area contributed by atoms with Gasteiger partial charge in [-0.15, -0.1) is 0 Å². The lowest BCUT2D eigenvalue weighted by molar-refractivity contribution is -0.124. The summed E-state index contributed by atoms with van der Waals surface area (Å²) < 4.78 is 105. The molecule has 52 heteroatoms. The number of pyridine rings is 1. The first-order chi connectivity index (χ1) is 53.4. The Morgan fingerprint density at radius 1 is 0.584 bits per heavy atom. The average Bonchev–Trinajstić information content (AvgIpc) is 1.63. The fourth-order valence-corrected chi connectivity index (χ4v) is 19.8. The number of aromatic nitrogens is 11. The van der Waals surface area contributed by atoms with Crippen LogP contribution in [-0.2, 0) is 126 Å². The molecule has 624 valence electrons. The summed E-state index contributed by atoms with van der Waals surface area (Å²) in [6.45, 7) is -11.1. The van der Waals surface area contributed by atoms with Crippen molar-refractivity contribution < 1.29 is 98.5 Å². The molecule has 11 heterocycles. The first kappa shape index (κ1) is 88.5. The van der Waals surface area contributed by atoms with E-state index in [1.165, 1.54) is 65.4 Å². The molecule has 5 aliphatic heterocycles. The van der Waals surface area contributed by atoms with Crippen molar-refractivity contribution >= 4 is 124 Å². The second-order valence-corrected chi connectivity index (χ2v) is 39.4. The lowest BCUT2D eigenvalue weighted by Gasteiger charge is -2.30. The van der Waals surface area contributed by atoms with Crippen LogP contribution in [-0.4, -0.2) is 206 Å². The number of aliphatic hydroxyl groups is 1. The van der Waals surface area contributed by atoms with Crippen LogP contribution in [0.5, 0.6) is 0 Å². The number of carbonyl (C=O) groups is 1. The van der Waals surface area contributed by atoms with Gasteiger partial charge in [0.1, 0.15) is 73.0 Å². The number of aromatic amines is 3. The molecule has 5 saturated heterocycles. The van der Waals surface area contributed by atoms with E-state index in [-0.39, 0.29) is 134 Å². The van der Waals surface area contributed by atoms with Gasteiger partial charge in [0.2, 0.25) is 5.91 Å². The average molecular weight is 1810 g/mol. The highest BCUT2D eigenvalue weighted by Gasteiger charge is 2.49. The Bertz CT molecular complexity index is 5040. The standard InChI is InChI=1S/C61H86BrN15O28P4S4/c1-30(2)33-16-48(73-9-6-45(63)69-58(73)83)98-41(33)25-96-109(113,92-15-14-91-13-12-90-11-8-66-54(79)31(3)4)105-39-21-50(75-22-32(5)55(80)71-60(75)85)100-44(39)28-95-108(89,112)104-38-20-52(77-29-67-53-35(77)17-47(65)68-57(53)82)101-43(38)27-94-107(88,111)103-37-19-49(74-10-7-46(64)70-59(74)84)99-42(37)26-93-106(87,110)102-36-18-51(97-40(36)24-78)76-23-34(62)56(81)72-61(76)86/h6-7,9-10,17,22-23,29-31,33,36-44,48-52,78H,8,11-16,18-21,24-28H2,1-5H3,(H,66,79)(H,87,110)(H,88,111)(H,89,112)(H2,63,69,83)(H2,64,70,84)(H3,65,68,82)(H,71,80,85)(H,72,81,86)/t33?,36?,37?,38?,39?,40-,41-,42-,43-,44-,48-,49-,50-,51-,52-,106?,107?,108?,109?/m1/s1. The molecule has 0 saturated carbocycles. The van der Waals surface area contributed by atoms with Crippen LogP contribution in [0.25, 0.3) is 11.0 Å². The highest BCUT2D eigenvalue weighted by Crippen LogP contribution is 2.57. The summed E-state index contributed by atoms with van der Waals surface area (Å²) in [6.07, 6.45) is -10.6. The Morgan fingerprint density at radius 3 is 1.56 bits per heavy atom. The SMILES string of the molecule is Cc1cn([C@H]2CC(OP(=S)(OCCOCCOCCNC(=O)C(C)C)OC[C@H]3O[C@@H](n4ccc(N)nc4=O)CC3C(C)C)[C@@H](COP(O)(=S)OC3C[C@H](n4cnc5c(=O)[nH]c(N)cc54)O[C@@H]3COP(O)(=S)OC3C[C@H](n4ccc(N)nc4=O)O[C@@H]3COP(O)(=S)OC3C[C@H](n4cc(Br)c(=O)[nH]c4=O)O[C@@H]3CO)O2)c(=O)[nH]c1=O. The maximum atomic E-state index is 13.6. The molecule has 5 aliphatic rings. The van der Waals surface area contributed by atoms with Crippen LogP contribution in [0.2, 0.25) is 0 Å². The van der Waals surface area contributed by atoms with Crippen LogP contribution in [0.15, 0.2) is 87.3 Å². The molecule has 113 heavy (non-hydrogen) atoms. The number of ether oxygens (including phenoxy) is 7. The molecule has 11 rings (SSSR count). The van der Waals surface area contributed by atoms with Gasteiger partial charge in [-0.3, -0.25) is 47.4 Å². The van der Waals surface area contributed by atoms with Crippen LogP contribution in [0.4, 0.5) is 17.5 Å². The third-order valence-corrected chi connectivity index (χ3v) is 26.3. The molecule has 5 fully saturated rings. The number of carbonyl (C=O) groups excluding carboxylic acids is 1. The maximum absolute atomic E-state index is 13.6. The van der Waals surface area contributed by atoms with Gasteiger partial charge >= 0.3 is 49.6 Å². The highest BCUT2D eigenvalue weighted by molar-refractivity contribution is 9.10. The molecule has 19 atom stereocenters. The fraction of sp³-hybridized carbons (Fsp3) is 0.623. The van der Waals surface area contributed by atoms with E-state index in [0.29, 0.717) is 6.42 Å². The number of aliphatic hydroxyl groups excluding tert-OH is 1. The molecule has 14 N–H and O–H groups in total. The molecule has 0 spiro atoms. The fourth-order valence-electron chi connectivity index (χ4n) is 12.9. The van der Waals surface area contributed by atoms with Crippen LogP contribution in [0.3, 0.4) is 0 Å². The van der Waals surface area contributed by atoms with Crippen LogP contribution < -0.4 is 62.0 Å². The number of fused-ring (bicyclic) bond motifs is 1. The van der Waals surface area contributed by atoms with E-state index in [0.717, 1.165) is 13.7 Å². The quantitative estimate of drug-likeness (QED) is 0.0191. The first-order valence-electron chi connectivity index (χ1n) is 35.2. The summed E-state index contributed by atoms with van der Waals surface area (Å²) in [7, 11) is 0. The number of aryl methyl sites for hydroxylation is 1. The summed E-state index contributed by atoms with van der Waals surface area (Å²) in [6, 6.07) is 4.21. The molecular formula is C61H86BrN15O28P4S4. The molecule has 43 nitrogen and oxygen atoms in total. The Hall–Kier alpha value is -5.31. The number of nitrogens with zero attached hydrogens (tertiary/aromatic N) is 8. The summed E-state index contributed by atoms with van der Waals surface area (Å²) in [4.78, 5) is 157.